The number of aliphatic hydroxyl groups is 1. The minimum absolute atomic E-state index is 0.0700. The van der Waals surface area contributed by atoms with Gasteiger partial charge in [0.1, 0.15) is 5.82 Å². The summed E-state index contributed by atoms with van der Waals surface area (Å²) >= 11 is 0. The number of alkyl halides is 2. The number of rotatable bonds is 3. The van der Waals surface area contributed by atoms with Gasteiger partial charge >= 0.3 is 0 Å². The lowest BCUT2D eigenvalue weighted by Gasteiger charge is -2.32. The fourth-order valence-corrected chi connectivity index (χ4v) is 1.18. The van der Waals surface area contributed by atoms with Crippen molar-refractivity contribution in [3.05, 3.63) is 35.6 Å². The van der Waals surface area contributed by atoms with Gasteiger partial charge in [-0.2, -0.15) is 0 Å². The Labute approximate surface area is 85.5 Å². The van der Waals surface area contributed by atoms with Gasteiger partial charge in [-0.3, -0.25) is 0 Å². The lowest BCUT2D eigenvalue weighted by atomic mass is 9.89. The van der Waals surface area contributed by atoms with Gasteiger partial charge in [0.05, 0.1) is 6.54 Å². The monoisotopic (exact) mass is 219 g/mol. The van der Waals surface area contributed by atoms with Gasteiger partial charge in [-0.05, 0) is 24.6 Å². The largest absolute Gasteiger partial charge is 0.379 e. The molecule has 0 aliphatic carbocycles. The second-order valence-electron chi connectivity index (χ2n) is 3.49. The molecule has 2 nitrogen and oxygen atoms in total. The van der Waals surface area contributed by atoms with Crippen LogP contribution in [0, 0.1) is 5.82 Å². The van der Waals surface area contributed by atoms with Crippen molar-refractivity contribution in [3.8, 4) is 0 Å². The second-order valence-corrected chi connectivity index (χ2v) is 3.49. The van der Waals surface area contributed by atoms with E-state index in [2.05, 4.69) is 0 Å². The van der Waals surface area contributed by atoms with Crippen molar-refractivity contribution in [1.82, 2.24) is 0 Å². The molecule has 0 spiro atoms. The Morgan fingerprint density at radius 2 is 1.73 bits per heavy atom. The average Bonchev–Trinajstić information content (AvgIpc) is 2.18. The predicted molar refractivity (Wildman–Crippen MR) is 50.0 cm³/mol. The Morgan fingerprint density at radius 3 is 2.13 bits per heavy atom. The summed E-state index contributed by atoms with van der Waals surface area (Å²) in [4.78, 5) is 0. The molecular weight excluding hydrogens is 207 g/mol. The number of halogens is 3. The molecule has 0 fully saturated rings. The lowest BCUT2D eigenvalue weighted by Crippen LogP contribution is -2.48. The van der Waals surface area contributed by atoms with Crippen LogP contribution in [0.15, 0.2) is 24.3 Å². The highest BCUT2D eigenvalue weighted by molar-refractivity contribution is 5.25. The zero-order chi connectivity index (χ0) is 11.7. The third-order valence-corrected chi connectivity index (χ3v) is 2.37. The zero-order valence-electron chi connectivity index (χ0n) is 8.17. The maximum atomic E-state index is 13.2. The molecule has 84 valence electrons. The molecule has 1 aromatic carbocycles. The number of hydrogen-bond acceptors (Lipinski definition) is 2. The first-order chi connectivity index (χ1) is 6.81. The molecule has 0 saturated heterocycles. The summed E-state index contributed by atoms with van der Waals surface area (Å²) in [6.07, 6.45) is 0. The van der Waals surface area contributed by atoms with Crippen molar-refractivity contribution in [1.29, 1.82) is 0 Å². The number of benzene rings is 1. The van der Waals surface area contributed by atoms with Crippen LogP contribution in [-0.2, 0) is 5.60 Å². The minimum atomic E-state index is -3.45. The highest BCUT2D eigenvalue weighted by Gasteiger charge is 2.48. The predicted octanol–water partition coefficient (Wildman–Crippen LogP) is 1.63. The first-order valence-electron chi connectivity index (χ1n) is 4.37. The van der Waals surface area contributed by atoms with Crippen LogP contribution in [0.4, 0.5) is 13.2 Å². The third kappa shape index (κ3) is 2.13. The molecule has 0 aliphatic rings. The van der Waals surface area contributed by atoms with Crippen LogP contribution in [-0.4, -0.2) is 17.6 Å². The zero-order valence-corrected chi connectivity index (χ0v) is 8.17. The molecule has 0 aromatic heterocycles. The van der Waals surface area contributed by atoms with Gasteiger partial charge in [0.25, 0.3) is 5.92 Å². The van der Waals surface area contributed by atoms with Gasteiger partial charge in [-0.15, -0.1) is 0 Å². The highest BCUT2D eigenvalue weighted by atomic mass is 19.3. The van der Waals surface area contributed by atoms with Crippen LogP contribution in [0.1, 0.15) is 12.5 Å². The van der Waals surface area contributed by atoms with E-state index < -0.39 is 23.9 Å². The summed E-state index contributed by atoms with van der Waals surface area (Å²) in [6, 6.07) is 4.24. The molecule has 1 aromatic rings. The van der Waals surface area contributed by atoms with Crippen molar-refractivity contribution in [2.75, 3.05) is 6.54 Å². The van der Waals surface area contributed by atoms with Crippen molar-refractivity contribution >= 4 is 0 Å². The molecule has 0 aliphatic heterocycles. The van der Waals surface area contributed by atoms with Crippen molar-refractivity contribution < 1.29 is 18.3 Å². The fraction of sp³-hybridized carbons (Fsp3) is 0.400. The van der Waals surface area contributed by atoms with E-state index in [-0.39, 0.29) is 5.56 Å². The highest BCUT2D eigenvalue weighted by Crippen LogP contribution is 2.36. The molecule has 15 heavy (non-hydrogen) atoms. The van der Waals surface area contributed by atoms with Crippen LogP contribution in [0.3, 0.4) is 0 Å². The van der Waals surface area contributed by atoms with E-state index >= 15 is 0 Å². The van der Waals surface area contributed by atoms with E-state index in [1.54, 1.807) is 0 Å². The maximum Gasteiger partial charge on any atom is 0.291 e. The van der Waals surface area contributed by atoms with Gasteiger partial charge in [0.15, 0.2) is 5.60 Å². The smallest absolute Gasteiger partial charge is 0.291 e. The quantitative estimate of drug-likeness (QED) is 0.811. The summed E-state index contributed by atoms with van der Waals surface area (Å²) in [5.74, 6) is -4.00. The Balaban J connectivity index is 3.10. The molecule has 5 heteroatoms. The molecule has 0 heterocycles. The third-order valence-electron chi connectivity index (χ3n) is 2.37. The van der Waals surface area contributed by atoms with Crippen LogP contribution in [0.25, 0.3) is 0 Å². The summed E-state index contributed by atoms with van der Waals surface area (Å²) in [7, 11) is 0. The van der Waals surface area contributed by atoms with Crippen LogP contribution in [0.2, 0.25) is 0 Å². The molecule has 1 rings (SSSR count). The molecule has 0 amide bonds. The summed E-state index contributed by atoms with van der Waals surface area (Å²) < 4.78 is 39.1. The topological polar surface area (TPSA) is 46.2 Å². The molecule has 0 radical (unpaired) electrons. The normalized spacial score (nSPS) is 16.1. The van der Waals surface area contributed by atoms with Crippen molar-refractivity contribution in [2.45, 2.75) is 18.4 Å². The first kappa shape index (κ1) is 12.0. The first-order valence-corrected chi connectivity index (χ1v) is 4.37. The maximum absolute atomic E-state index is 13.2. The Hall–Kier alpha value is -1.07. The van der Waals surface area contributed by atoms with Gasteiger partial charge in [0, 0.05) is 0 Å². The SMILES string of the molecule is CC(O)(c1ccc(F)cc1)C(F)(F)CN. The van der Waals surface area contributed by atoms with Gasteiger partial charge in [-0.1, -0.05) is 12.1 Å². The van der Waals surface area contributed by atoms with E-state index in [0.717, 1.165) is 31.2 Å². The molecule has 1 atom stereocenters. The Morgan fingerprint density at radius 1 is 1.27 bits per heavy atom. The van der Waals surface area contributed by atoms with Gasteiger partial charge in [-0.25, -0.2) is 13.2 Å². The molecule has 0 bridgehead atoms. The Bertz CT molecular complexity index is 335. The minimum Gasteiger partial charge on any atom is -0.379 e. The number of nitrogens with two attached hydrogens (primary N) is 1. The van der Waals surface area contributed by atoms with E-state index in [9.17, 15) is 18.3 Å². The van der Waals surface area contributed by atoms with Crippen LogP contribution in [0.5, 0.6) is 0 Å². The second kappa shape index (κ2) is 3.83. The molecule has 1 unspecified atom stereocenters. The van der Waals surface area contributed by atoms with Crippen molar-refractivity contribution in [2.24, 2.45) is 5.73 Å². The van der Waals surface area contributed by atoms with Crippen LogP contribution < -0.4 is 5.73 Å². The van der Waals surface area contributed by atoms with Gasteiger partial charge in [0.2, 0.25) is 0 Å². The summed E-state index contributed by atoms with van der Waals surface area (Å²) in [5.41, 5.74) is 2.41. The van der Waals surface area contributed by atoms with E-state index in [1.807, 2.05) is 0 Å². The molecule has 3 N–H and O–H groups in total. The summed E-state index contributed by atoms with van der Waals surface area (Å²) in [5, 5.41) is 9.65. The fourth-order valence-electron chi connectivity index (χ4n) is 1.18. The standard InChI is InChI=1S/C10H12F3NO/c1-9(15,10(12,13)6-14)7-2-4-8(11)5-3-7/h2-5,15H,6,14H2,1H3. The lowest BCUT2D eigenvalue weighted by molar-refractivity contribution is -0.170. The van der Waals surface area contributed by atoms with Crippen molar-refractivity contribution in [3.63, 3.8) is 0 Å². The Kier molecular flexibility index (Phi) is 3.06. The molecule has 0 saturated carbocycles. The summed E-state index contributed by atoms with van der Waals surface area (Å²) in [6.45, 7) is -0.0233. The van der Waals surface area contributed by atoms with E-state index in [0.29, 0.717) is 0 Å². The van der Waals surface area contributed by atoms with Gasteiger partial charge < -0.3 is 10.8 Å². The van der Waals surface area contributed by atoms with E-state index in [1.165, 1.54) is 0 Å². The molecular formula is C10H12F3NO. The van der Waals surface area contributed by atoms with E-state index in [4.69, 9.17) is 5.73 Å². The average molecular weight is 219 g/mol. The number of hydrogen-bond donors (Lipinski definition) is 2. The van der Waals surface area contributed by atoms with Crippen LogP contribution >= 0.6 is 0 Å².